The Morgan fingerprint density at radius 1 is 1.10 bits per heavy atom. The van der Waals surface area contributed by atoms with E-state index in [2.05, 4.69) is 21.9 Å². The second kappa shape index (κ2) is 9.99. The molecule has 3 saturated heterocycles. The van der Waals surface area contributed by atoms with Crippen molar-refractivity contribution >= 4 is 33.6 Å². The first kappa shape index (κ1) is 25.7. The molecule has 0 radical (unpaired) electrons. The third-order valence-electron chi connectivity index (χ3n) is 8.82. The van der Waals surface area contributed by atoms with Crippen LogP contribution in [0.1, 0.15) is 25.7 Å². The van der Waals surface area contributed by atoms with Crippen LogP contribution in [0, 0.1) is 5.82 Å². The van der Waals surface area contributed by atoms with E-state index in [9.17, 15) is 15.0 Å². The fourth-order valence-electron chi connectivity index (χ4n) is 6.75. The first-order valence-corrected chi connectivity index (χ1v) is 14.0. The minimum Gasteiger partial charge on any atom is -0.508 e. The number of nitrogens with zero attached hydrogens (tertiary/aromatic N) is 6. The molecule has 3 aliphatic rings. The van der Waals surface area contributed by atoms with E-state index >= 15 is 4.39 Å². The Kier molecular flexibility index (Phi) is 6.26. The number of carbonyl (C=O) groups is 1. The van der Waals surface area contributed by atoms with Crippen molar-refractivity contribution in [3.8, 4) is 23.0 Å². The Morgan fingerprint density at radius 3 is 2.61 bits per heavy atom. The van der Waals surface area contributed by atoms with Crippen molar-refractivity contribution in [2.24, 2.45) is 0 Å². The van der Waals surface area contributed by atoms with Gasteiger partial charge >= 0.3 is 12.1 Å². The van der Waals surface area contributed by atoms with Crippen molar-refractivity contribution in [2.75, 3.05) is 38.2 Å². The van der Waals surface area contributed by atoms with Gasteiger partial charge in [-0.2, -0.15) is 9.97 Å². The first-order chi connectivity index (χ1) is 19.9. The highest BCUT2D eigenvalue weighted by atomic mass is 19.1. The van der Waals surface area contributed by atoms with E-state index in [0.717, 1.165) is 43.0 Å². The molecule has 3 fully saturated rings. The molecule has 2 bridgehead atoms. The third-order valence-corrected chi connectivity index (χ3v) is 8.82. The van der Waals surface area contributed by atoms with Crippen LogP contribution in [0.3, 0.4) is 0 Å². The molecule has 2 aromatic carbocycles. The second-order valence-electron chi connectivity index (χ2n) is 11.3. The highest BCUT2D eigenvalue weighted by Gasteiger charge is 2.43. The number of likely N-dealkylation sites (tertiary alicyclic amines) is 1. The minimum atomic E-state index is -0.912. The molecule has 41 heavy (non-hydrogen) atoms. The number of anilines is 1. The van der Waals surface area contributed by atoms with Gasteiger partial charge in [-0.05, 0) is 62.2 Å². The van der Waals surface area contributed by atoms with E-state index in [-0.39, 0.29) is 41.1 Å². The van der Waals surface area contributed by atoms with Crippen molar-refractivity contribution in [1.82, 2.24) is 24.8 Å². The lowest BCUT2D eigenvalue weighted by molar-refractivity contribution is 0.114. The van der Waals surface area contributed by atoms with E-state index < -0.39 is 11.9 Å². The number of benzene rings is 2. The van der Waals surface area contributed by atoms with Gasteiger partial charge in [0.15, 0.2) is 5.82 Å². The maximum Gasteiger partial charge on any atom is 0.407 e. The summed E-state index contributed by atoms with van der Waals surface area (Å²) in [6.07, 6.45) is 4.30. The van der Waals surface area contributed by atoms with Crippen LogP contribution in [-0.2, 0) is 0 Å². The number of carboxylic acid groups (broad SMARTS) is 1. The number of halogens is 1. The average Bonchev–Trinajstić information content (AvgIpc) is 3.50. The lowest BCUT2D eigenvalue weighted by Crippen LogP contribution is -2.55. The number of likely N-dealkylation sites (N-methyl/N-ethyl adjacent to an activating group) is 1. The Bertz CT molecular complexity index is 1650. The molecule has 3 aliphatic heterocycles. The van der Waals surface area contributed by atoms with Gasteiger partial charge in [-0.1, -0.05) is 24.3 Å². The van der Waals surface area contributed by atoms with Crippen molar-refractivity contribution in [3.05, 3.63) is 48.4 Å². The smallest absolute Gasteiger partial charge is 0.407 e. The van der Waals surface area contributed by atoms with Crippen LogP contribution in [0.15, 0.2) is 42.6 Å². The van der Waals surface area contributed by atoms with Gasteiger partial charge in [-0.25, -0.2) is 9.18 Å². The van der Waals surface area contributed by atoms with Crippen LogP contribution in [0.25, 0.3) is 32.9 Å². The maximum atomic E-state index is 16.5. The fraction of sp³-hybridized carbons (Fsp3) is 0.400. The molecule has 0 unspecified atom stereocenters. The number of aromatic nitrogens is 3. The summed E-state index contributed by atoms with van der Waals surface area (Å²) in [5.41, 5.74) is 0.616. The normalized spacial score (nSPS) is 22.6. The van der Waals surface area contributed by atoms with Crippen LogP contribution >= 0.6 is 0 Å². The zero-order chi connectivity index (χ0) is 28.2. The summed E-state index contributed by atoms with van der Waals surface area (Å²) >= 11 is 0. The van der Waals surface area contributed by atoms with Crippen LogP contribution in [0.4, 0.5) is 15.0 Å². The summed E-state index contributed by atoms with van der Waals surface area (Å²) in [4.78, 5) is 31.5. The summed E-state index contributed by atoms with van der Waals surface area (Å²) < 4.78 is 22.6. The van der Waals surface area contributed by atoms with Gasteiger partial charge in [-0.15, -0.1) is 0 Å². The minimum absolute atomic E-state index is 0.0138. The maximum absolute atomic E-state index is 16.5. The molecule has 10 nitrogen and oxygen atoms in total. The molecule has 2 N–H and O–H groups in total. The first-order valence-electron chi connectivity index (χ1n) is 14.0. The Hall–Kier alpha value is -4.25. The molecule has 4 aromatic rings. The van der Waals surface area contributed by atoms with Gasteiger partial charge in [0.25, 0.3) is 0 Å². The third kappa shape index (κ3) is 4.44. The Labute approximate surface area is 236 Å². The van der Waals surface area contributed by atoms with Gasteiger partial charge in [0.05, 0.1) is 17.5 Å². The van der Waals surface area contributed by atoms with Crippen LogP contribution in [-0.4, -0.2) is 92.5 Å². The van der Waals surface area contributed by atoms with Gasteiger partial charge in [0.1, 0.15) is 29.4 Å². The second-order valence-corrected chi connectivity index (χ2v) is 11.3. The molecule has 7 rings (SSSR count). The molecule has 11 heteroatoms. The van der Waals surface area contributed by atoms with Crippen LogP contribution in [0.5, 0.6) is 11.8 Å². The molecule has 212 valence electrons. The number of aromatic hydroxyl groups is 1. The molecular formula is C30H31FN6O4. The lowest BCUT2D eigenvalue weighted by atomic mass is 10.00. The van der Waals surface area contributed by atoms with E-state index in [4.69, 9.17) is 9.72 Å². The molecule has 3 atom stereocenters. The van der Waals surface area contributed by atoms with E-state index in [1.54, 1.807) is 12.3 Å². The number of amides is 1. The van der Waals surface area contributed by atoms with Gasteiger partial charge < -0.3 is 24.7 Å². The van der Waals surface area contributed by atoms with E-state index in [0.29, 0.717) is 36.5 Å². The van der Waals surface area contributed by atoms with Gasteiger partial charge in [-0.3, -0.25) is 9.88 Å². The van der Waals surface area contributed by atoms with E-state index in [1.165, 1.54) is 11.0 Å². The Balaban J connectivity index is 1.34. The van der Waals surface area contributed by atoms with Crippen LogP contribution < -0.4 is 9.64 Å². The predicted octanol–water partition coefficient (Wildman–Crippen LogP) is 4.49. The number of hydrogen-bond acceptors (Lipinski definition) is 8. The summed E-state index contributed by atoms with van der Waals surface area (Å²) in [7, 11) is 2.06. The highest BCUT2D eigenvalue weighted by Crippen LogP contribution is 2.39. The zero-order valence-corrected chi connectivity index (χ0v) is 22.7. The summed E-state index contributed by atoms with van der Waals surface area (Å²) in [6.45, 7) is 2.27. The molecule has 0 aliphatic carbocycles. The molecule has 1 amide bonds. The van der Waals surface area contributed by atoms with Crippen LogP contribution in [0.2, 0.25) is 0 Å². The molecule has 5 heterocycles. The topological polar surface area (TPSA) is 115 Å². The molecule has 2 aromatic heterocycles. The lowest BCUT2D eigenvalue weighted by Gasteiger charge is -2.40. The largest absolute Gasteiger partial charge is 0.508 e. The quantitative estimate of drug-likeness (QED) is 0.366. The Morgan fingerprint density at radius 2 is 1.88 bits per heavy atom. The molecule has 0 spiro atoms. The number of hydrogen-bond donors (Lipinski definition) is 2. The van der Waals surface area contributed by atoms with Gasteiger partial charge in [0.2, 0.25) is 0 Å². The van der Waals surface area contributed by atoms with Crippen molar-refractivity contribution in [3.63, 3.8) is 0 Å². The zero-order valence-electron chi connectivity index (χ0n) is 22.7. The van der Waals surface area contributed by atoms with E-state index in [1.807, 2.05) is 29.2 Å². The SMILES string of the molecule is CN1CCC[C@H]1COc1nc(N2C[C@H]3CC[C@@H](C2)N3C(=O)O)c2cnc(-c3cc(O)cc4ccccc34)c(F)c2n1. The number of rotatable bonds is 5. The predicted molar refractivity (Wildman–Crippen MR) is 152 cm³/mol. The monoisotopic (exact) mass is 558 g/mol. The van der Waals surface area contributed by atoms with Crippen molar-refractivity contribution in [2.45, 2.75) is 43.8 Å². The average molecular weight is 559 g/mol. The number of piperazine rings is 1. The number of phenolic OH excluding ortho intramolecular Hbond substituents is 1. The highest BCUT2D eigenvalue weighted by molar-refractivity contribution is 6.00. The summed E-state index contributed by atoms with van der Waals surface area (Å²) in [5.74, 6) is -0.123. The number of pyridine rings is 1. The summed E-state index contributed by atoms with van der Waals surface area (Å²) in [6, 6.07) is 10.6. The number of fused-ring (bicyclic) bond motifs is 4. The van der Waals surface area contributed by atoms with Crippen molar-refractivity contribution < 1.29 is 24.1 Å². The fourth-order valence-corrected chi connectivity index (χ4v) is 6.75. The standard InChI is InChI=1S/C30H31FN6O4/c1-35-10-4-6-20(35)16-41-29-33-27-24(28(34-29)36-14-18-8-9-19(15-36)37(18)30(39)40)13-32-26(25(27)31)23-12-21(38)11-17-5-2-3-7-22(17)23/h2-3,5,7,11-13,18-20,38H,4,6,8-10,14-16H2,1H3,(H,39,40)/t18-,19+,20-/m0/s1. The molecule has 0 saturated carbocycles. The molecular weight excluding hydrogens is 527 g/mol. The number of phenols is 1. The van der Waals surface area contributed by atoms with Crippen molar-refractivity contribution in [1.29, 1.82) is 0 Å². The number of ether oxygens (including phenoxy) is 1. The van der Waals surface area contributed by atoms with Gasteiger partial charge in [0, 0.05) is 30.9 Å². The summed E-state index contributed by atoms with van der Waals surface area (Å²) in [5, 5.41) is 22.1.